The number of ether oxygens (including phenoxy) is 2. The molecule has 0 fully saturated rings. The Kier molecular flexibility index (Phi) is 6.22. The van der Waals surface area contributed by atoms with Gasteiger partial charge in [0, 0.05) is 12.2 Å². The molecule has 0 unspecified atom stereocenters. The van der Waals surface area contributed by atoms with Crippen LogP contribution in [0.1, 0.15) is 26.3 Å². The zero-order valence-corrected chi connectivity index (χ0v) is 11.2. The Bertz CT molecular complexity index is 388. The minimum absolute atomic E-state index is 0.489. The first-order valence-electron chi connectivity index (χ1n) is 6.13. The molecule has 0 saturated carbocycles. The fraction of sp³-hybridized carbons (Fsp3) is 0.500. The first kappa shape index (κ1) is 14.5. The van der Waals surface area contributed by atoms with Gasteiger partial charge in [0.15, 0.2) is 0 Å². The van der Waals surface area contributed by atoms with Crippen LogP contribution in [0.3, 0.4) is 0 Å². The van der Waals surface area contributed by atoms with Gasteiger partial charge in [-0.15, -0.1) is 0 Å². The SMILES string of the molecule is C/C(=N\O)c1ccccc1OCCOCC(C)C. The van der Waals surface area contributed by atoms with Gasteiger partial charge in [-0.1, -0.05) is 31.1 Å². The molecule has 0 bridgehead atoms. The molecule has 0 aliphatic rings. The molecule has 0 aromatic heterocycles. The molecule has 0 atom stereocenters. The highest BCUT2D eigenvalue weighted by molar-refractivity contribution is 6.00. The number of para-hydroxylation sites is 1. The van der Waals surface area contributed by atoms with Gasteiger partial charge in [-0.25, -0.2) is 0 Å². The Hall–Kier alpha value is -1.55. The van der Waals surface area contributed by atoms with Gasteiger partial charge in [-0.2, -0.15) is 0 Å². The van der Waals surface area contributed by atoms with Gasteiger partial charge < -0.3 is 14.7 Å². The van der Waals surface area contributed by atoms with Gasteiger partial charge in [0.1, 0.15) is 12.4 Å². The summed E-state index contributed by atoms with van der Waals surface area (Å²) in [6.07, 6.45) is 0. The minimum atomic E-state index is 0.489. The van der Waals surface area contributed by atoms with Crippen LogP contribution in [0.15, 0.2) is 29.4 Å². The van der Waals surface area contributed by atoms with E-state index in [0.717, 1.165) is 12.2 Å². The van der Waals surface area contributed by atoms with Gasteiger partial charge in [0.05, 0.1) is 12.3 Å². The first-order valence-corrected chi connectivity index (χ1v) is 6.13. The van der Waals surface area contributed by atoms with E-state index >= 15 is 0 Å². The number of hydrogen-bond acceptors (Lipinski definition) is 4. The molecule has 0 amide bonds. The quantitative estimate of drug-likeness (QED) is 0.351. The zero-order chi connectivity index (χ0) is 13.4. The summed E-state index contributed by atoms with van der Waals surface area (Å²) >= 11 is 0. The van der Waals surface area contributed by atoms with Crippen LogP contribution in [-0.2, 0) is 4.74 Å². The van der Waals surface area contributed by atoms with Gasteiger partial charge in [0.25, 0.3) is 0 Å². The normalized spacial score (nSPS) is 11.9. The maximum absolute atomic E-state index is 8.79. The highest BCUT2D eigenvalue weighted by atomic mass is 16.5. The molecule has 18 heavy (non-hydrogen) atoms. The fourth-order valence-electron chi connectivity index (χ4n) is 1.47. The largest absolute Gasteiger partial charge is 0.490 e. The van der Waals surface area contributed by atoms with E-state index in [2.05, 4.69) is 19.0 Å². The predicted octanol–water partition coefficient (Wildman–Crippen LogP) is 2.94. The van der Waals surface area contributed by atoms with Crippen molar-refractivity contribution in [3.05, 3.63) is 29.8 Å². The van der Waals surface area contributed by atoms with Crippen molar-refractivity contribution in [1.29, 1.82) is 0 Å². The number of benzene rings is 1. The molecule has 0 heterocycles. The molecule has 1 N–H and O–H groups in total. The summed E-state index contributed by atoms with van der Waals surface area (Å²) < 4.78 is 11.1. The van der Waals surface area contributed by atoms with Crippen molar-refractivity contribution in [3.63, 3.8) is 0 Å². The third-order valence-electron chi connectivity index (χ3n) is 2.36. The lowest BCUT2D eigenvalue weighted by molar-refractivity contribution is 0.0818. The van der Waals surface area contributed by atoms with E-state index in [1.807, 2.05) is 24.3 Å². The average molecular weight is 251 g/mol. The summed E-state index contributed by atoms with van der Waals surface area (Å²) in [7, 11) is 0. The van der Waals surface area contributed by atoms with Crippen molar-refractivity contribution in [2.24, 2.45) is 11.1 Å². The number of oxime groups is 1. The average Bonchev–Trinajstić information content (AvgIpc) is 2.37. The molecule has 0 aliphatic heterocycles. The summed E-state index contributed by atoms with van der Waals surface area (Å²) in [5, 5.41) is 12.0. The topological polar surface area (TPSA) is 51.1 Å². The monoisotopic (exact) mass is 251 g/mol. The van der Waals surface area contributed by atoms with Gasteiger partial charge in [0.2, 0.25) is 0 Å². The lowest BCUT2D eigenvalue weighted by atomic mass is 10.1. The predicted molar refractivity (Wildman–Crippen MR) is 71.6 cm³/mol. The van der Waals surface area contributed by atoms with Crippen molar-refractivity contribution in [2.75, 3.05) is 19.8 Å². The van der Waals surface area contributed by atoms with Crippen LogP contribution in [0.5, 0.6) is 5.75 Å². The number of rotatable bonds is 7. The van der Waals surface area contributed by atoms with Crippen molar-refractivity contribution in [3.8, 4) is 5.75 Å². The van der Waals surface area contributed by atoms with Crippen LogP contribution < -0.4 is 4.74 Å². The minimum Gasteiger partial charge on any atom is -0.490 e. The third-order valence-corrected chi connectivity index (χ3v) is 2.36. The Labute approximate surface area is 108 Å². The molecule has 0 saturated heterocycles. The second kappa shape index (κ2) is 7.71. The molecule has 0 spiro atoms. The second-order valence-corrected chi connectivity index (χ2v) is 4.50. The van der Waals surface area contributed by atoms with E-state index in [9.17, 15) is 0 Å². The molecular weight excluding hydrogens is 230 g/mol. The van der Waals surface area contributed by atoms with E-state index < -0.39 is 0 Å². The van der Waals surface area contributed by atoms with Crippen molar-refractivity contribution < 1.29 is 14.7 Å². The highest BCUT2D eigenvalue weighted by Gasteiger charge is 2.06. The molecule has 1 rings (SSSR count). The van der Waals surface area contributed by atoms with Crippen LogP contribution in [-0.4, -0.2) is 30.7 Å². The smallest absolute Gasteiger partial charge is 0.128 e. The Morgan fingerprint density at radius 2 is 2.00 bits per heavy atom. The van der Waals surface area contributed by atoms with Crippen molar-refractivity contribution in [2.45, 2.75) is 20.8 Å². The Morgan fingerprint density at radius 3 is 2.67 bits per heavy atom. The maximum atomic E-state index is 8.79. The molecule has 100 valence electrons. The van der Waals surface area contributed by atoms with Crippen LogP contribution in [0.4, 0.5) is 0 Å². The maximum Gasteiger partial charge on any atom is 0.128 e. The van der Waals surface area contributed by atoms with E-state index in [0.29, 0.717) is 30.6 Å². The van der Waals surface area contributed by atoms with Gasteiger partial charge in [-0.05, 0) is 25.0 Å². The van der Waals surface area contributed by atoms with E-state index in [-0.39, 0.29) is 0 Å². The molecule has 4 nitrogen and oxygen atoms in total. The van der Waals surface area contributed by atoms with Crippen LogP contribution >= 0.6 is 0 Å². The summed E-state index contributed by atoms with van der Waals surface area (Å²) in [5.41, 5.74) is 1.33. The van der Waals surface area contributed by atoms with Crippen molar-refractivity contribution >= 4 is 5.71 Å². The Balaban J connectivity index is 2.47. The molecule has 0 radical (unpaired) electrons. The molecule has 0 aliphatic carbocycles. The highest BCUT2D eigenvalue weighted by Crippen LogP contribution is 2.18. The molecular formula is C14H21NO3. The van der Waals surface area contributed by atoms with Crippen LogP contribution in [0, 0.1) is 5.92 Å². The molecule has 4 heteroatoms. The lowest BCUT2D eigenvalue weighted by Crippen LogP contribution is -2.11. The lowest BCUT2D eigenvalue weighted by Gasteiger charge is -2.11. The first-order chi connectivity index (χ1) is 8.65. The molecule has 1 aromatic rings. The zero-order valence-electron chi connectivity index (χ0n) is 11.2. The summed E-state index contributed by atoms with van der Waals surface area (Å²) in [4.78, 5) is 0. The molecule has 1 aromatic carbocycles. The summed E-state index contributed by atoms with van der Waals surface area (Å²) in [6.45, 7) is 7.73. The van der Waals surface area contributed by atoms with Gasteiger partial charge in [-0.3, -0.25) is 0 Å². The number of hydrogen-bond donors (Lipinski definition) is 1. The van der Waals surface area contributed by atoms with E-state index in [1.165, 1.54) is 0 Å². The standard InChI is InChI=1S/C14H21NO3/c1-11(2)10-17-8-9-18-14-7-5-4-6-13(14)12(3)15-16/h4-7,11,16H,8-10H2,1-3H3/b15-12+. The van der Waals surface area contributed by atoms with Crippen LogP contribution in [0.25, 0.3) is 0 Å². The summed E-state index contributed by atoms with van der Waals surface area (Å²) in [6, 6.07) is 7.48. The van der Waals surface area contributed by atoms with Crippen LogP contribution in [0.2, 0.25) is 0 Å². The van der Waals surface area contributed by atoms with E-state index in [1.54, 1.807) is 6.92 Å². The Morgan fingerprint density at radius 1 is 1.28 bits per heavy atom. The van der Waals surface area contributed by atoms with Crippen molar-refractivity contribution in [1.82, 2.24) is 0 Å². The third kappa shape index (κ3) is 4.75. The number of nitrogens with zero attached hydrogens (tertiary/aromatic N) is 1. The fourth-order valence-corrected chi connectivity index (χ4v) is 1.47. The summed E-state index contributed by atoms with van der Waals surface area (Å²) in [5.74, 6) is 1.24. The second-order valence-electron chi connectivity index (χ2n) is 4.50. The van der Waals surface area contributed by atoms with Gasteiger partial charge >= 0.3 is 0 Å². The van der Waals surface area contributed by atoms with E-state index in [4.69, 9.17) is 14.7 Å².